The van der Waals surface area contributed by atoms with Crippen molar-refractivity contribution in [2.24, 2.45) is 5.92 Å². The van der Waals surface area contributed by atoms with Crippen molar-refractivity contribution in [3.63, 3.8) is 0 Å². The Morgan fingerprint density at radius 3 is 2.86 bits per heavy atom. The Balaban J connectivity index is 0.00000242. The Bertz CT molecular complexity index is 424. The predicted octanol–water partition coefficient (Wildman–Crippen LogP) is 3.24. The topological polar surface area (TPSA) is 41.1 Å². The minimum Gasteiger partial charge on any atom is -0.355 e. The monoisotopic (exact) mass is 342 g/mol. The van der Waals surface area contributed by atoms with Crippen LogP contribution in [0.1, 0.15) is 31.7 Å². The van der Waals surface area contributed by atoms with Crippen LogP contribution in [0.5, 0.6) is 0 Å². The highest BCUT2D eigenvalue weighted by Crippen LogP contribution is 2.18. The fraction of sp³-hybridized carbons (Fsp3) is 0.588. The zero-order chi connectivity index (χ0) is 14.9. The molecule has 0 aliphatic carbocycles. The lowest BCUT2D eigenvalue weighted by Crippen LogP contribution is -2.35. The molecule has 1 aromatic rings. The van der Waals surface area contributed by atoms with Gasteiger partial charge in [-0.25, -0.2) is 0 Å². The molecule has 0 bridgehead atoms. The SMILES string of the molecule is CC(SCc1ccccc1)C(=O)NCCC1CCCNC1.Cl. The summed E-state index contributed by atoms with van der Waals surface area (Å²) in [6.07, 6.45) is 3.65. The van der Waals surface area contributed by atoms with E-state index in [-0.39, 0.29) is 23.6 Å². The minimum absolute atomic E-state index is 0. The fourth-order valence-electron chi connectivity index (χ4n) is 2.58. The molecule has 3 nitrogen and oxygen atoms in total. The highest BCUT2D eigenvalue weighted by atomic mass is 35.5. The van der Waals surface area contributed by atoms with E-state index in [1.54, 1.807) is 11.8 Å². The second-order valence-corrected chi connectivity index (χ2v) is 7.06. The number of nitrogens with one attached hydrogen (secondary N) is 2. The van der Waals surface area contributed by atoms with Crippen molar-refractivity contribution in [3.05, 3.63) is 35.9 Å². The van der Waals surface area contributed by atoms with Crippen molar-refractivity contribution >= 4 is 30.1 Å². The maximum absolute atomic E-state index is 12.1. The molecule has 1 aromatic carbocycles. The van der Waals surface area contributed by atoms with Gasteiger partial charge >= 0.3 is 0 Å². The smallest absolute Gasteiger partial charge is 0.232 e. The number of rotatable bonds is 7. The van der Waals surface area contributed by atoms with Crippen LogP contribution in [0.25, 0.3) is 0 Å². The maximum atomic E-state index is 12.1. The first kappa shape index (κ1) is 19.3. The van der Waals surface area contributed by atoms with Gasteiger partial charge in [-0.15, -0.1) is 24.2 Å². The molecule has 2 N–H and O–H groups in total. The first-order valence-corrected chi connectivity index (χ1v) is 8.94. The number of benzene rings is 1. The highest BCUT2D eigenvalue weighted by molar-refractivity contribution is 7.99. The first-order chi connectivity index (χ1) is 10.3. The van der Waals surface area contributed by atoms with Crippen molar-refractivity contribution in [3.8, 4) is 0 Å². The molecule has 1 heterocycles. The van der Waals surface area contributed by atoms with Crippen molar-refractivity contribution < 1.29 is 4.79 Å². The molecule has 1 fully saturated rings. The van der Waals surface area contributed by atoms with E-state index in [1.807, 2.05) is 25.1 Å². The van der Waals surface area contributed by atoms with Gasteiger partial charge < -0.3 is 10.6 Å². The second kappa shape index (κ2) is 10.9. The van der Waals surface area contributed by atoms with Crippen molar-refractivity contribution in [2.45, 2.75) is 37.2 Å². The Hall–Kier alpha value is -0.710. The summed E-state index contributed by atoms with van der Waals surface area (Å²) in [5.41, 5.74) is 1.27. The standard InChI is InChI=1S/C17H26N2OS.ClH/c1-14(21-13-16-6-3-2-4-7-16)17(20)19-11-9-15-8-5-10-18-12-15;/h2-4,6-7,14-15,18H,5,8-13H2,1H3,(H,19,20);1H. The van der Waals surface area contributed by atoms with E-state index in [0.717, 1.165) is 37.7 Å². The van der Waals surface area contributed by atoms with Gasteiger partial charge in [0.25, 0.3) is 0 Å². The van der Waals surface area contributed by atoms with Crippen LogP contribution < -0.4 is 10.6 Å². The van der Waals surface area contributed by atoms with E-state index in [1.165, 1.54) is 18.4 Å². The molecule has 5 heteroatoms. The third kappa shape index (κ3) is 7.03. The van der Waals surface area contributed by atoms with Crippen LogP contribution in [-0.2, 0) is 10.5 Å². The maximum Gasteiger partial charge on any atom is 0.232 e. The van der Waals surface area contributed by atoms with Crippen molar-refractivity contribution in [1.82, 2.24) is 10.6 Å². The van der Waals surface area contributed by atoms with Crippen LogP contribution in [0, 0.1) is 5.92 Å². The van der Waals surface area contributed by atoms with Crippen LogP contribution in [0.4, 0.5) is 0 Å². The number of carbonyl (C=O) groups excluding carboxylic acids is 1. The number of piperidine rings is 1. The van der Waals surface area contributed by atoms with E-state index in [9.17, 15) is 4.79 Å². The molecule has 0 spiro atoms. The molecule has 0 radical (unpaired) electrons. The van der Waals surface area contributed by atoms with Crippen LogP contribution >= 0.6 is 24.2 Å². The normalized spacial score (nSPS) is 19.0. The number of halogens is 1. The van der Waals surface area contributed by atoms with Crippen LogP contribution in [0.3, 0.4) is 0 Å². The molecule has 2 unspecified atom stereocenters. The average Bonchev–Trinajstić information content (AvgIpc) is 2.54. The van der Waals surface area contributed by atoms with Gasteiger partial charge in [0, 0.05) is 12.3 Å². The summed E-state index contributed by atoms with van der Waals surface area (Å²) < 4.78 is 0. The number of thioether (sulfide) groups is 1. The van der Waals surface area contributed by atoms with Gasteiger partial charge in [-0.05, 0) is 50.8 Å². The molecular weight excluding hydrogens is 316 g/mol. The first-order valence-electron chi connectivity index (χ1n) is 7.89. The molecule has 1 aliphatic heterocycles. The molecule has 1 amide bonds. The molecule has 1 saturated heterocycles. The third-order valence-corrected chi connectivity index (χ3v) is 5.18. The van der Waals surface area contributed by atoms with Crippen molar-refractivity contribution in [2.75, 3.05) is 19.6 Å². The predicted molar refractivity (Wildman–Crippen MR) is 97.7 cm³/mol. The lowest BCUT2D eigenvalue weighted by atomic mass is 9.96. The minimum atomic E-state index is 0. The van der Waals surface area contributed by atoms with E-state index >= 15 is 0 Å². The molecular formula is C17H27ClN2OS. The molecule has 0 saturated carbocycles. The van der Waals surface area contributed by atoms with Gasteiger partial charge in [-0.2, -0.15) is 0 Å². The largest absolute Gasteiger partial charge is 0.355 e. The van der Waals surface area contributed by atoms with Gasteiger partial charge in [0.15, 0.2) is 0 Å². The summed E-state index contributed by atoms with van der Waals surface area (Å²) in [6, 6.07) is 10.3. The fourth-order valence-corrected chi connectivity index (χ4v) is 3.45. The lowest BCUT2D eigenvalue weighted by Gasteiger charge is -2.23. The summed E-state index contributed by atoms with van der Waals surface area (Å²) >= 11 is 1.70. The number of carbonyl (C=O) groups is 1. The molecule has 22 heavy (non-hydrogen) atoms. The number of hydrogen-bond donors (Lipinski definition) is 2. The van der Waals surface area contributed by atoms with E-state index < -0.39 is 0 Å². The summed E-state index contributed by atoms with van der Waals surface area (Å²) in [7, 11) is 0. The van der Waals surface area contributed by atoms with E-state index in [2.05, 4.69) is 22.8 Å². The van der Waals surface area contributed by atoms with Gasteiger partial charge in [0.2, 0.25) is 5.91 Å². The Morgan fingerprint density at radius 2 is 2.18 bits per heavy atom. The molecule has 0 aromatic heterocycles. The van der Waals surface area contributed by atoms with Gasteiger partial charge in [0.1, 0.15) is 0 Å². The Kier molecular flexibility index (Phi) is 9.60. The van der Waals surface area contributed by atoms with E-state index in [0.29, 0.717) is 0 Å². The quantitative estimate of drug-likeness (QED) is 0.799. The third-order valence-electron chi connectivity index (χ3n) is 3.96. The van der Waals surface area contributed by atoms with Crippen molar-refractivity contribution in [1.29, 1.82) is 0 Å². The Morgan fingerprint density at radius 1 is 1.41 bits per heavy atom. The van der Waals surface area contributed by atoms with Crippen LogP contribution in [0.15, 0.2) is 30.3 Å². The van der Waals surface area contributed by atoms with Crippen LogP contribution in [0.2, 0.25) is 0 Å². The zero-order valence-electron chi connectivity index (χ0n) is 13.2. The molecule has 1 aliphatic rings. The molecule has 2 rings (SSSR count). The van der Waals surface area contributed by atoms with Gasteiger partial charge in [0.05, 0.1) is 5.25 Å². The average molecular weight is 343 g/mol. The number of hydrogen-bond acceptors (Lipinski definition) is 3. The Labute approximate surface area is 144 Å². The zero-order valence-corrected chi connectivity index (χ0v) is 14.8. The summed E-state index contributed by atoms with van der Waals surface area (Å²) in [5, 5.41) is 6.50. The second-order valence-electron chi connectivity index (χ2n) is 5.73. The summed E-state index contributed by atoms with van der Waals surface area (Å²) in [6.45, 7) is 5.05. The highest BCUT2D eigenvalue weighted by Gasteiger charge is 2.15. The lowest BCUT2D eigenvalue weighted by molar-refractivity contribution is -0.120. The molecule has 2 atom stereocenters. The van der Waals surface area contributed by atoms with Crippen LogP contribution in [-0.4, -0.2) is 30.8 Å². The molecule has 124 valence electrons. The number of amides is 1. The summed E-state index contributed by atoms with van der Waals surface area (Å²) in [5.74, 6) is 1.79. The van der Waals surface area contributed by atoms with Gasteiger partial charge in [-0.3, -0.25) is 4.79 Å². The summed E-state index contributed by atoms with van der Waals surface area (Å²) in [4.78, 5) is 12.1. The van der Waals surface area contributed by atoms with E-state index in [4.69, 9.17) is 0 Å². The van der Waals surface area contributed by atoms with Gasteiger partial charge in [-0.1, -0.05) is 30.3 Å².